The van der Waals surface area contributed by atoms with Gasteiger partial charge in [0, 0.05) is 0 Å². The normalized spacial score (nSPS) is 12.2. The van der Waals surface area contributed by atoms with Gasteiger partial charge in [0.1, 0.15) is 0 Å². The predicted molar refractivity (Wildman–Crippen MR) is 96.5 cm³/mol. The van der Waals surface area contributed by atoms with E-state index in [0.29, 0.717) is 0 Å². The molecule has 0 unspecified atom stereocenters. The standard InChI is InChI=1S/C18H24Si2/c1-16(17-12-8-6-9-13-17)19(2,3)20(4,5)18-14-10-7-11-15-18/h6-15H,1H2,2-5H3. The summed E-state index contributed by atoms with van der Waals surface area (Å²) in [6.07, 6.45) is 0. The minimum absolute atomic E-state index is 1.32. The van der Waals surface area contributed by atoms with Crippen molar-refractivity contribution in [3.8, 4) is 0 Å². The van der Waals surface area contributed by atoms with Crippen LogP contribution < -0.4 is 5.19 Å². The maximum Gasteiger partial charge on any atom is 0.0791 e. The quantitative estimate of drug-likeness (QED) is 0.721. The summed E-state index contributed by atoms with van der Waals surface area (Å²) in [7, 11) is -3.09. The van der Waals surface area contributed by atoms with E-state index in [2.05, 4.69) is 93.4 Å². The van der Waals surface area contributed by atoms with Crippen molar-refractivity contribution in [3.63, 3.8) is 0 Å². The first kappa shape index (κ1) is 15.0. The summed E-state index contributed by atoms with van der Waals surface area (Å²) in [5, 5.41) is 2.94. The minimum Gasteiger partial charge on any atom is -0.0995 e. The van der Waals surface area contributed by atoms with Gasteiger partial charge < -0.3 is 0 Å². The lowest BCUT2D eigenvalue weighted by atomic mass is 10.2. The molecule has 20 heavy (non-hydrogen) atoms. The average molecular weight is 297 g/mol. The highest BCUT2D eigenvalue weighted by atomic mass is 29.3. The van der Waals surface area contributed by atoms with E-state index in [9.17, 15) is 0 Å². The van der Waals surface area contributed by atoms with Gasteiger partial charge in [-0.25, -0.2) is 0 Å². The van der Waals surface area contributed by atoms with Crippen molar-refractivity contribution in [2.45, 2.75) is 26.2 Å². The van der Waals surface area contributed by atoms with Gasteiger partial charge in [-0.15, -0.1) is 0 Å². The lowest BCUT2D eigenvalue weighted by Crippen LogP contribution is -2.63. The molecule has 0 amide bonds. The molecule has 0 aromatic heterocycles. The lowest BCUT2D eigenvalue weighted by Gasteiger charge is -2.40. The molecular weight excluding hydrogens is 272 g/mol. The van der Waals surface area contributed by atoms with E-state index in [1.807, 2.05) is 0 Å². The summed E-state index contributed by atoms with van der Waals surface area (Å²) in [6.45, 7) is 14.5. The number of benzene rings is 2. The molecule has 0 radical (unpaired) electrons. The van der Waals surface area contributed by atoms with Gasteiger partial charge in [0.15, 0.2) is 0 Å². The van der Waals surface area contributed by atoms with E-state index < -0.39 is 15.2 Å². The Bertz CT molecular complexity index is 583. The Balaban J connectivity index is 2.42. The first-order valence-electron chi connectivity index (χ1n) is 7.17. The average Bonchev–Trinajstić information content (AvgIpc) is 2.48. The van der Waals surface area contributed by atoms with E-state index >= 15 is 0 Å². The van der Waals surface area contributed by atoms with E-state index in [0.717, 1.165) is 0 Å². The second-order valence-corrected chi connectivity index (χ2v) is 21.6. The van der Waals surface area contributed by atoms with Gasteiger partial charge in [-0.2, -0.15) is 0 Å². The third-order valence-corrected chi connectivity index (χ3v) is 22.8. The van der Waals surface area contributed by atoms with Crippen molar-refractivity contribution in [1.29, 1.82) is 0 Å². The van der Waals surface area contributed by atoms with Crippen molar-refractivity contribution in [2.75, 3.05) is 0 Å². The number of hydrogen-bond donors (Lipinski definition) is 0. The van der Waals surface area contributed by atoms with Crippen LogP contribution in [0.5, 0.6) is 0 Å². The van der Waals surface area contributed by atoms with Crippen LogP contribution in [0.2, 0.25) is 26.2 Å². The molecule has 2 rings (SSSR count). The van der Waals surface area contributed by atoms with Gasteiger partial charge in [-0.05, 0) is 5.56 Å². The van der Waals surface area contributed by atoms with Gasteiger partial charge in [0.25, 0.3) is 0 Å². The molecule has 104 valence electrons. The minimum atomic E-state index is -1.57. The van der Waals surface area contributed by atoms with Crippen LogP contribution in [0.4, 0.5) is 0 Å². The van der Waals surface area contributed by atoms with Crippen molar-refractivity contribution >= 4 is 25.6 Å². The number of rotatable bonds is 4. The maximum absolute atomic E-state index is 4.48. The van der Waals surface area contributed by atoms with Gasteiger partial charge >= 0.3 is 0 Å². The fourth-order valence-corrected chi connectivity index (χ4v) is 11.3. The summed E-state index contributed by atoms with van der Waals surface area (Å²) < 4.78 is 0. The molecular formula is C18H24Si2. The van der Waals surface area contributed by atoms with Gasteiger partial charge in [-0.1, -0.05) is 104 Å². The van der Waals surface area contributed by atoms with E-state index in [4.69, 9.17) is 0 Å². The molecule has 2 heteroatoms. The molecule has 0 bridgehead atoms. The maximum atomic E-state index is 4.48. The molecule has 0 N–H and O–H groups in total. The summed E-state index contributed by atoms with van der Waals surface area (Å²) in [5.74, 6) is 0. The first-order valence-corrected chi connectivity index (χ1v) is 14.2. The Kier molecular flexibility index (Phi) is 4.16. The third kappa shape index (κ3) is 2.58. The molecule has 0 heterocycles. The highest BCUT2D eigenvalue weighted by Crippen LogP contribution is 2.31. The van der Waals surface area contributed by atoms with Gasteiger partial charge in [0.2, 0.25) is 0 Å². The van der Waals surface area contributed by atoms with Crippen LogP contribution >= 0.6 is 0 Å². The van der Waals surface area contributed by atoms with Crippen molar-refractivity contribution < 1.29 is 0 Å². The molecule has 2 aromatic rings. The Morgan fingerprint density at radius 1 is 0.750 bits per heavy atom. The zero-order valence-electron chi connectivity index (χ0n) is 13.0. The molecule has 0 saturated heterocycles. The lowest BCUT2D eigenvalue weighted by molar-refractivity contribution is 1.63. The van der Waals surface area contributed by atoms with E-state index in [-0.39, 0.29) is 0 Å². The fraction of sp³-hybridized carbons (Fsp3) is 0.222. The zero-order valence-corrected chi connectivity index (χ0v) is 15.0. The van der Waals surface area contributed by atoms with Crippen molar-refractivity contribution in [1.82, 2.24) is 0 Å². The summed E-state index contributed by atoms with van der Waals surface area (Å²) in [4.78, 5) is 0. The molecule has 0 fully saturated rings. The second kappa shape index (κ2) is 5.54. The molecule has 0 aliphatic rings. The van der Waals surface area contributed by atoms with E-state index in [1.54, 1.807) is 5.19 Å². The Morgan fingerprint density at radius 3 is 1.70 bits per heavy atom. The summed E-state index contributed by atoms with van der Waals surface area (Å²) in [6, 6.07) is 21.8. The number of hydrogen-bond acceptors (Lipinski definition) is 0. The smallest absolute Gasteiger partial charge is 0.0791 e. The predicted octanol–water partition coefficient (Wildman–Crippen LogP) is 4.64. The molecule has 0 aliphatic carbocycles. The summed E-state index contributed by atoms with van der Waals surface area (Å²) >= 11 is 0. The molecule has 0 saturated carbocycles. The Hall–Kier alpha value is -1.39. The van der Waals surface area contributed by atoms with Gasteiger partial charge in [-0.3, -0.25) is 0 Å². The second-order valence-electron chi connectivity index (χ2n) is 6.46. The monoisotopic (exact) mass is 296 g/mol. The van der Waals surface area contributed by atoms with Crippen LogP contribution in [-0.4, -0.2) is 15.2 Å². The fourth-order valence-electron chi connectivity index (χ4n) is 2.59. The SMILES string of the molecule is C=C(c1ccccc1)[Si](C)(C)[Si](C)(C)c1ccccc1. The Morgan fingerprint density at radius 2 is 1.20 bits per heavy atom. The van der Waals surface area contributed by atoms with Crippen LogP contribution in [0.15, 0.2) is 67.2 Å². The molecule has 0 atom stereocenters. The van der Waals surface area contributed by atoms with Crippen LogP contribution in [0.1, 0.15) is 5.56 Å². The first-order chi connectivity index (χ1) is 9.37. The highest BCUT2D eigenvalue weighted by Gasteiger charge is 2.44. The summed E-state index contributed by atoms with van der Waals surface area (Å²) in [5.41, 5.74) is 1.32. The van der Waals surface area contributed by atoms with Crippen LogP contribution in [0.25, 0.3) is 5.20 Å². The van der Waals surface area contributed by atoms with Crippen LogP contribution in [0.3, 0.4) is 0 Å². The largest absolute Gasteiger partial charge is 0.0995 e. The van der Waals surface area contributed by atoms with Crippen LogP contribution in [-0.2, 0) is 0 Å². The molecule has 2 aromatic carbocycles. The van der Waals surface area contributed by atoms with Gasteiger partial charge in [0.05, 0.1) is 15.2 Å². The van der Waals surface area contributed by atoms with Crippen molar-refractivity contribution in [3.05, 3.63) is 72.8 Å². The third-order valence-electron chi connectivity index (χ3n) is 4.93. The molecule has 0 nitrogen and oxygen atoms in total. The molecule has 0 aliphatic heterocycles. The van der Waals surface area contributed by atoms with Crippen molar-refractivity contribution in [2.24, 2.45) is 0 Å². The van der Waals surface area contributed by atoms with Crippen LogP contribution in [0, 0.1) is 0 Å². The Labute approximate surface area is 125 Å². The highest BCUT2D eigenvalue weighted by molar-refractivity contribution is 7.51. The van der Waals surface area contributed by atoms with E-state index in [1.165, 1.54) is 10.8 Å². The topological polar surface area (TPSA) is 0 Å². The zero-order chi connectivity index (χ0) is 14.8. The molecule has 0 spiro atoms.